The number of anilines is 1. The second-order valence-corrected chi connectivity index (χ2v) is 4.58. The van der Waals surface area contributed by atoms with Crippen molar-refractivity contribution in [2.75, 3.05) is 31.7 Å². The quantitative estimate of drug-likeness (QED) is 0.780. The molecule has 1 aliphatic heterocycles. The van der Waals surface area contributed by atoms with Crippen molar-refractivity contribution >= 4 is 5.82 Å². The average Bonchev–Trinajstić information content (AvgIpc) is 2.86. The molecule has 0 unspecified atom stereocenters. The van der Waals surface area contributed by atoms with Crippen molar-refractivity contribution in [3.63, 3.8) is 0 Å². The topological polar surface area (TPSA) is 56.3 Å². The van der Waals surface area contributed by atoms with Crippen molar-refractivity contribution in [2.45, 2.75) is 32.8 Å². The predicted molar refractivity (Wildman–Crippen MR) is 69.8 cm³/mol. The lowest BCUT2D eigenvalue weighted by Gasteiger charge is -2.11. The number of hydrogen-bond acceptors (Lipinski definition) is 5. The van der Waals surface area contributed by atoms with Crippen molar-refractivity contribution in [1.29, 1.82) is 0 Å². The lowest BCUT2D eigenvalue weighted by atomic mass is 10.2. The van der Waals surface area contributed by atoms with Gasteiger partial charge in [-0.25, -0.2) is 4.98 Å². The number of rotatable bonds is 6. The Hall–Kier alpha value is -1.20. The first-order valence-corrected chi connectivity index (χ1v) is 6.49. The standard InChI is InChI=1S/C13H21N3O2/c1-10-8-15-11(2)13(16-10)14-5-7-17-9-12-4-3-6-18-12/h8,12H,3-7,9H2,1-2H3,(H,14,16)/t12-/m1/s1. The number of nitrogens with zero attached hydrogens (tertiary/aromatic N) is 2. The minimum atomic E-state index is 0.297. The highest BCUT2D eigenvalue weighted by atomic mass is 16.5. The predicted octanol–water partition coefficient (Wildman–Crippen LogP) is 1.70. The summed E-state index contributed by atoms with van der Waals surface area (Å²) in [7, 11) is 0. The fourth-order valence-corrected chi connectivity index (χ4v) is 1.94. The number of aryl methyl sites for hydroxylation is 2. The molecule has 2 rings (SSSR count). The van der Waals surface area contributed by atoms with Gasteiger partial charge in [-0.2, -0.15) is 0 Å². The molecular formula is C13H21N3O2. The van der Waals surface area contributed by atoms with E-state index >= 15 is 0 Å². The van der Waals surface area contributed by atoms with E-state index in [1.807, 2.05) is 13.8 Å². The molecule has 0 bridgehead atoms. The Balaban J connectivity index is 1.64. The average molecular weight is 251 g/mol. The van der Waals surface area contributed by atoms with Crippen molar-refractivity contribution in [1.82, 2.24) is 9.97 Å². The fourth-order valence-electron chi connectivity index (χ4n) is 1.94. The third-order valence-corrected chi connectivity index (χ3v) is 2.94. The summed E-state index contributed by atoms with van der Waals surface area (Å²) in [6, 6.07) is 0. The van der Waals surface area contributed by atoms with Crippen LogP contribution in [0, 0.1) is 13.8 Å². The van der Waals surface area contributed by atoms with E-state index in [-0.39, 0.29) is 0 Å². The monoisotopic (exact) mass is 251 g/mol. The van der Waals surface area contributed by atoms with Gasteiger partial charge >= 0.3 is 0 Å². The molecule has 0 spiro atoms. The molecule has 0 aromatic carbocycles. The number of hydrogen-bond donors (Lipinski definition) is 1. The second kappa shape index (κ2) is 6.66. The van der Waals surface area contributed by atoms with Gasteiger partial charge in [0.2, 0.25) is 0 Å². The molecule has 18 heavy (non-hydrogen) atoms. The molecule has 1 aromatic rings. The summed E-state index contributed by atoms with van der Waals surface area (Å²) >= 11 is 0. The Bertz CT molecular complexity index is 378. The first-order chi connectivity index (χ1) is 8.75. The minimum absolute atomic E-state index is 0.297. The Kier molecular flexibility index (Phi) is 4.90. The Morgan fingerprint density at radius 2 is 2.39 bits per heavy atom. The zero-order chi connectivity index (χ0) is 12.8. The Labute approximate surface area is 108 Å². The van der Waals surface area contributed by atoms with E-state index in [0.717, 1.165) is 43.2 Å². The zero-order valence-electron chi connectivity index (χ0n) is 11.1. The lowest BCUT2D eigenvalue weighted by molar-refractivity contribution is 0.0206. The van der Waals surface area contributed by atoms with Gasteiger partial charge in [-0.15, -0.1) is 0 Å². The maximum atomic E-state index is 5.57. The smallest absolute Gasteiger partial charge is 0.147 e. The molecule has 0 amide bonds. The van der Waals surface area contributed by atoms with Gasteiger partial charge in [0.1, 0.15) is 5.82 Å². The van der Waals surface area contributed by atoms with E-state index in [1.165, 1.54) is 0 Å². The largest absolute Gasteiger partial charge is 0.377 e. The van der Waals surface area contributed by atoms with Crippen LogP contribution in [-0.2, 0) is 9.47 Å². The van der Waals surface area contributed by atoms with E-state index in [1.54, 1.807) is 6.20 Å². The van der Waals surface area contributed by atoms with E-state index in [2.05, 4.69) is 15.3 Å². The Morgan fingerprint density at radius 1 is 1.50 bits per heavy atom. The maximum absolute atomic E-state index is 5.57. The lowest BCUT2D eigenvalue weighted by Crippen LogP contribution is -2.18. The van der Waals surface area contributed by atoms with Crippen molar-refractivity contribution in [3.05, 3.63) is 17.6 Å². The van der Waals surface area contributed by atoms with Crippen LogP contribution >= 0.6 is 0 Å². The van der Waals surface area contributed by atoms with Crippen LogP contribution in [0.5, 0.6) is 0 Å². The van der Waals surface area contributed by atoms with Crippen LogP contribution < -0.4 is 5.32 Å². The molecule has 1 N–H and O–H groups in total. The van der Waals surface area contributed by atoms with E-state index in [0.29, 0.717) is 19.3 Å². The molecule has 1 saturated heterocycles. The van der Waals surface area contributed by atoms with E-state index in [4.69, 9.17) is 9.47 Å². The maximum Gasteiger partial charge on any atom is 0.147 e. The third-order valence-electron chi connectivity index (χ3n) is 2.94. The normalized spacial score (nSPS) is 19.1. The summed E-state index contributed by atoms with van der Waals surface area (Å²) in [4.78, 5) is 8.65. The minimum Gasteiger partial charge on any atom is -0.377 e. The highest BCUT2D eigenvalue weighted by molar-refractivity contribution is 5.39. The number of aromatic nitrogens is 2. The third kappa shape index (κ3) is 3.92. The van der Waals surface area contributed by atoms with Crippen molar-refractivity contribution in [2.24, 2.45) is 0 Å². The molecule has 2 heterocycles. The van der Waals surface area contributed by atoms with Crippen LogP contribution in [0.15, 0.2) is 6.20 Å². The molecule has 100 valence electrons. The molecule has 1 fully saturated rings. The van der Waals surface area contributed by atoms with E-state index < -0.39 is 0 Å². The molecule has 0 aliphatic carbocycles. The van der Waals surface area contributed by atoms with Crippen LogP contribution in [0.3, 0.4) is 0 Å². The summed E-state index contributed by atoms with van der Waals surface area (Å²) in [5.41, 5.74) is 1.84. The molecule has 5 nitrogen and oxygen atoms in total. The molecule has 0 radical (unpaired) electrons. The molecule has 1 aromatic heterocycles. The Morgan fingerprint density at radius 3 is 3.17 bits per heavy atom. The summed E-state index contributed by atoms with van der Waals surface area (Å²) in [5.74, 6) is 0.843. The molecule has 1 aliphatic rings. The van der Waals surface area contributed by atoms with Crippen LogP contribution in [0.2, 0.25) is 0 Å². The number of nitrogens with one attached hydrogen (secondary N) is 1. The fraction of sp³-hybridized carbons (Fsp3) is 0.692. The van der Waals surface area contributed by atoms with Gasteiger partial charge in [0, 0.05) is 19.3 Å². The first-order valence-electron chi connectivity index (χ1n) is 6.49. The van der Waals surface area contributed by atoms with Crippen LogP contribution in [0.4, 0.5) is 5.82 Å². The van der Waals surface area contributed by atoms with E-state index in [9.17, 15) is 0 Å². The molecular weight excluding hydrogens is 230 g/mol. The van der Waals surface area contributed by atoms with Crippen LogP contribution in [-0.4, -0.2) is 42.4 Å². The van der Waals surface area contributed by atoms with Gasteiger partial charge in [-0.3, -0.25) is 4.98 Å². The summed E-state index contributed by atoms with van der Waals surface area (Å²) < 4.78 is 11.1. The van der Waals surface area contributed by atoms with Crippen molar-refractivity contribution in [3.8, 4) is 0 Å². The summed E-state index contributed by atoms with van der Waals surface area (Å²) in [6.45, 7) is 6.86. The van der Waals surface area contributed by atoms with Gasteiger partial charge < -0.3 is 14.8 Å². The van der Waals surface area contributed by atoms with Crippen molar-refractivity contribution < 1.29 is 9.47 Å². The van der Waals surface area contributed by atoms with Gasteiger partial charge in [0.25, 0.3) is 0 Å². The second-order valence-electron chi connectivity index (χ2n) is 4.58. The summed E-state index contributed by atoms with van der Waals surface area (Å²) in [5, 5.41) is 3.24. The van der Waals surface area contributed by atoms with Gasteiger partial charge in [0.15, 0.2) is 0 Å². The molecule has 1 atom stereocenters. The van der Waals surface area contributed by atoms with Gasteiger partial charge in [0.05, 0.1) is 30.7 Å². The summed E-state index contributed by atoms with van der Waals surface area (Å²) in [6.07, 6.45) is 4.35. The zero-order valence-corrected chi connectivity index (χ0v) is 11.1. The SMILES string of the molecule is Cc1cnc(C)c(NCCOC[C@H]2CCCO2)n1. The highest BCUT2D eigenvalue weighted by Crippen LogP contribution is 2.12. The number of ether oxygens (including phenoxy) is 2. The van der Waals surface area contributed by atoms with Gasteiger partial charge in [-0.05, 0) is 26.7 Å². The molecule has 0 saturated carbocycles. The van der Waals surface area contributed by atoms with Gasteiger partial charge in [-0.1, -0.05) is 0 Å². The van der Waals surface area contributed by atoms with Crippen LogP contribution in [0.1, 0.15) is 24.2 Å². The highest BCUT2D eigenvalue weighted by Gasteiger charge is 2.14. The van der Waals surface area contributed by atoms with Crippen LogP contribution in [0.25, 0.3) is 0 Å². The molecule has 5 heteroatoms. The first kappa shape index (κ1) is 13.2.